The quantitative estimate of drug-likeness (QED) is 0.326. The molecule has 5 aromatic rings. The molecule has 1 aliphatic rings. The molecule has 9 nitrogen and oxygen atoms in total. The van der Waals surface area contributed by atoms with Crippen molar-refractivity contribution >= 4 is 28.4 Å². The van der Waals surface area contributed by atoms with Gasteiger partial charge in [-0.15, -0.1) is 0 Å². The number of rotatable bonds is 6. The van der Waals surface area contributed by atoms with Gasteiger partial charge >= 0.3 is 0 Å². The minimum Gasteiger partial charge on any atom is -0.383 e. The number of nitrogens with one attached hydrogen (secondary N) is 1. The van der Waals surface area contributed by atoms with Crippen molar-refractivity contribution in [3.05, 3.63) is 95.1 Å². The van der Waals surface area contributed by atoms with E-state index in [1.54, 1.807) is 29.1 Å². The zero-order valence-corrected chi connectivity index (χ0v) is 21.8. The maximum atomic E-state index is 13.6. The summed E-state index contributed by atoms with van der Waals surface area (Å²) in [6, 6.07) is 12.9. The highest BCUT2D eigenvalue weighted by atomic mass is 19.1. The number of nitrogens with zero attached hydrogens (tertiary/aromatic N) is 4. The van der Waals surface area contributed by atoms with Gasteiger partial charge in [0.2, 0.25) is 5.43 Å². The smallest absolute Gasteiger partial charge is 0.261 e. The molecule has 4 heterocycles. The van der Waals surface area contributed by atoms with Gasteiger partial charge in [-0.3, -0.25) is 9.59 Å². The molecule has 2 aromatic carbocycles. The number of hydrogen-bond acceptors (Lipinski definition) is 6. The molecule has 1 amide bonds. The van der Waals surface area contributed by atoms with Gasteiger partial charge in [-0.1, -0.05) is 24.3 Å². The number of nitrogens with two attached hydrogens (primary N) is 1. The maximum Gasteiger partial charge on any atom is 0.261 e. The summed E-state index contributed by atoms with van der Waals surface area (Å²) in [5.41, 5.74) is 9.53. The molecule has 1 saturated heterocycles. The van der Waals surface area contributed by atoms with Crippen LogP contribution in [0.4, 0.5) is 15.9 Å². The Kier molecular flexibility index (Phi) is 6.61. The minimum absolute atomic E-state index is 0.000490. The predicted octanol–water partition coefficient (Wildman–Crippen LogP) is 4.62. The Balaban J connectivity index is 1.31. The normalized spacial score (nSPS) is 15.0. The fourth-order valence-electron chi connectivity index (χ4n) is 5.14. The summed E-state index contributed by atoms with van der Waals surface area (Å²) in [6.07, 6.45) is 8.49. The molecule has 6 rings (SSSR count). The average molecular weight is 539 g/mol. The number of benzene rings is 2. The number of anilines is 2. The van der Waals surface area contributed by atoms with Crippen LogP contribution in [0.15, 0.2) is 78.2 Å². The van der Waals surface area contributed by atoms with Gasteiger partial charge in [-0.05, 0) is 48.2 Å². The fraction of sp³-hybridized carbons (Fsp3) is 0.200. The van der Waals surface area contributed by atoms with E-state index in [0.29, 0.717) is 35.8 Å². The second kappa shape index (κ2) is 10.4. The summed E-state index contributed by atoms with van der Waals surface area (Å²) in [4.78, 5) is 35.3. The third-order valence-corrected chi connectivity index (χ3v) is 7.15. The van der Waals surface area contributed by atoms with E-state index in [-0.39, 0.29) is 11.7 Å². The van der Waals surface area contributed by atoms with Crippen LogP contribution < -0.4 is 16.5 Å². The molecule has 0 spiro atoms. The summed E-state index contributed by atoms with van der Waals surface area (Å²) in [5.74, 6) is -0.552. The first-order valence-corrected chi connectivity index (χ1v) is 13.0. The Labute approximate surface area is 229 Å². The first-order chi connectivity index (χ1) is 19.4. The number of fused-ring (bicyclic) bond motifs is 1. The number of nitrogen functional groups attached to an aromatic ring is 1. The fourth-order valence-corrected chi connectivity index (χ4v) is 5.14. The largest absolute Gasteiger partial charge is 0.383 e. The zero-order chi connectivity index (χ0) is 27.8. The Morgan fingerprint density at radius 3 is 2.50 bits per heavy atom. The molecular weight excluding hydrogens is 511 g/mol. The lowest BCUT2D eigenvalue weighted by molar-refractivity contribution is 0.0961. The summed E-state index contributed by atoms with van der Waals surface area (Å²) >= 11 is 0. The first-order valence-electron chi connectivity index (χ1n) is 13.0. The molecule has 202 valence electrons. The monoisotopic (exact) mass is 538 g/mol. The van der Waals surface area contributed by atoms with Crippen molar-refractivity contribution in [2.75, 3.05) is 17.7 Å². The zero-order valence-electron chi connectivity index (χ0n) is 21.8. The molecule has 3 N–H and O–H groups in total. The van der Waals surface area contributed by atoms with Crippen LogP contribution in [0.3, 0.4) is 0 Å². The molecular formula is C30H27FN6O3. The lowest BCUT2D eigenvalue weighted by Crippen LogP contribution is -2.26. The number of halogens is 1. The van der Waals surface area contributed by atoms with Crippen molar-refractivity contribution in [2.45, 2.75) is 25.5 Å². The summed E-state index contributed by atoms with van der Waals surface area (Å²) in [6.45, 7) is 1.19. The van der Waals surface area contributed by atoms with Crippen LogP contribution in [0.25, 0.3) is 33.3 Å². The predicted molar refractivity (Wildman–Crippen MR) is 151 cm³/mol. The lowest BCUT2D eigenvalue weighted by Gasteiger charge is -2.16. The molecule has 0 saturated carbocycles. The van der Waals surface area contributed by atoms with Crippen LogP contribution in [0.5, 0.6) is 0 Å². The van der Waals surface area contributed by atoms with Crippen LogP contribution in [0.1, 0.15) is 23.2 Å². The highest BCUT2D eigenvalue weighted by molar-refractivity contribution is 6.05. The number of amides is 1. The first kappa shape index (κ1) is 25.4. The number of pyridine rings is 1. The maximum absolute atomic E-state index is 13.6. The van der Waals surface area contributed by atoms with Gasteiger partial charge in [0.1, 0.15) is 29.2 Å². The average Bonchev–Trinajstić information content (AvgIpc) is 3.59. The standard InChI is InChI=1S/C30H27FN6O3/c1-36-14-23(26-28(32)33-17-34-29(26)36)18-6-10-21(11-7-18)35-30(39)25-16-37(13-22-3-2-12-40-22)15-24(27(25)38)19-4-8-20(31)9-5-19/h4-11,14-17,22H,2-3,12-13H2,1H3,(H,35,39)(H2,32,33,34). The highest BCUT2D eigenvalue weighted by Gasteiger charge is 2.20. The molecule has 0 aliphatic carbocycles. The summed E-state index contributed by atoms with van der Waals surface area (Å²) in [7, 11) is 1.89. The minimum atomic E-state index is -0.536. The van der Waals surface area contributed by atoms with E-state index in [2.05, 4.69) is 15.3 Å². The van der Waals surface area contributed by atoms with Crippen LogP contribution in [-0.4, -0.2) is 37.7 Å². The second-order valence-corrected chi connectivity index (χ2v) is 9.90. The molecule has 1 fully saturated rings. The molecule has 0 radical (unpaired) electrons. The molecule has 0 bridgehead atoms. The van der Waals surface area contributed by atoms with E-state index in [9.17, 15) is 14.0 Å². The third kappa shape index (κ3) is 4.85. The van der Waals surface area contributed by atoms with Crippen molar-refractivity contribution in [1.82, 2.24) is 19.1 Å². The topological polar surface area (TPSA) is 117 Å². The molecule has 1 aliphatic heterocycles. The number of carbonyl (C=O) groups excluding carboxylic acids is 1. The Bertz CT molecular complexity index is 1770. The van der Waals surface area contributed by atoms with Gasteiger partial charge in [0.05, 0.1) is 11.5 Å². The molecule has 40 heavy (non-hydrogen) atoms. The van der Waals surface area contributed by atoms with E-state index < -0.39 is 17.2 Å². The van der Waals surface area contributed by atoms with Gasteiger partial charge in [0.25, 0.3) is 5.91 Å². The second-order valence-electron chi connectivity index (χ2n) is 9.90. The lowest BCUT2D eigenvalue weighted by atomic mass is 10.0. The van der Waals surface area contributed by atoms with Gasteiger partial charge in [-0.2, -0.15) is 0 Å². The number of hydrogen-bond donors (Lipinski definition) is 2. The summed E-state index contributed by atoms with van der Waals surface area (Å²) < 4.78 is 23.0. The molecule has 1 atom stereocenters. The van der Waals surface area contributed by atoms with Crippen molar-refractivity contribution in [3.8, 4) is 22.3 Å². The van der Waals surface area contributed by atoms with E-state index in [0.717, 1.165) is 35.0 Å². The van der Waals surface area contributed by atoms with E-state index in [4.69, 9.17) is 10.5 Å². The van der Waals surface area contributed by atoms with Crippen molar-refractivity contribution < 1.29 is 13.9 Å². The van der Waals surface area contributed by atoms with E-state index in [1.807, 2.05) is 29.9 Å². The van der Waals surface area contributed by atoms with Crippen LogP contribution in [0, 0.1) is 5.82 Å². The molecule has 3 aromatic heterocycles. The van der Waals surface area contributed by atoms with E-state index >= 15 is 0 Å². The number of aryl methyl sites for hydroxylation is 1. The SMILES string of the molecule is Cn1cc(-c2ccc(NC(=O)c3cn(CC4CCCO4)cc(-c4ccc(F)cc4)c3=O)cc2)c2c(N)ncnc21. The van der Waals surface area contributed by atoms with Crippen molar-refractivity contribution in [2.24, 2.45) is 7.05 Å². The summed E-state index contributed by atoms with van der Waals surface area (Å²) in [5, 5.41) is 3.60. The number of carbonyl (C=O) groups is 1. The highest BCUT2D eigenvalue weighted by Crippen LogP contribution is 2.32. The van der Waals surface area contributed by atoms with Crippen molar-refractivity contribution in [1.29, 1.82) is 0 Å². The van der Waals surface area contributed by atoms with Gasteiger partial charge in [-0.25, -0.2) is 14.4 Å². The van der Waals surface area contributed by atoms with Crippen LogP contribution in [-0.2, 0) is 18.3 Å². The Morgan fingerprint density at radius 2 is 1.77 bits per heavy atom. The number of ether oxygens (including phenoxy) is 1. The van der Waals surface area contributed by atoms with Gasteiger partial charge < -0.3 is 24.9 Å². The van der Waals surface area contributed by atoms with Gasteiger partial charge in [0.15, 0.2) is 0 Å². The van der Waals surface area contributed by atoms with Crippen LogP contribution >= 0.6 is 0 Å². The van der Waals surface area contributed by atoms with Gasteiger partial charge in [0, 0.05) is 55.6 Å². The Hall–Kier alpha value is -4.83. The molecule has 1 unspecified atom stereocenters. The molecule has 10 heteroatoms. The third-order valence-electron chi connectivity index (χ3n) is 7.15. The number of aromatic nitrogens is 4. The Morgan fingerprint density at radius 1 is 1.05 bits per heavy atom. The van der Waals surface area contributed by atoms with E-state index in [1.165, 1.54) is 30.6 Å². The van der Waals surface area contributed by atoms with Crippen LogP contribution in [0.2, 0.25) is 0 Å². The van der Waals surface area contributed by atoms with Crippen molar-refractivity contribution in [3.63, 3.8) is 0 Å².